The number of carbonyl (C=O) groups excluding carboxylic acids is 1. The van der Waals surface area contributed by atoms with E-state index in [9.17, 15) is 4.79 Å². The van der Waals surface area contributed by atoms with Gasteiger partial charge in [-0.05, 0) is 43.1 Å². The van der Waals surface area contributed by atoms with Crippen molar-refractivity contribution in [3.05, 3.63) is 0 Å². The lowest BCUT2D eigenvalue weighted by Crippen LogP contribution is -2.36. The molecular weight excluding hydrogens is 242 g/mol. The summed E-state index contributed by atoms with van der Waals surface area (Å²) in [6.07, 6.45) is 5.56. The second-order valence-corrected chi connectivity index (χ2v) is 6.37. The zero-order valence-corrected chi connectivity index (χ0v) is 11.2. The quantitative estimate of drug-likeness (QED) is 0.710. The maximum Gasteiger partial charge on any atom is 0.223 e. The van der Waals surface area contributed by atoms with E-state index in [4.69, 9.17) is 11.6 Å². The number of carbonyl (C=O) groups is 1. The number of hydrogen-bond donors (Lipinski definition) is 0. The normalized spacial score (nSPS) is 22.1. The molecule has 1 aliphatic carbocycles. The summed E-state index contributed by atoms with van der Waals surface area (Å²) in [5, 5.41) is 0. The molecule has 0 bridgehead atoms. The first-order valence-corrected chi connectivity index (χ1v) is 7.93. The molecule has 1 saturated heterocycles. The number of halogens is 1. The Bertz CT molecular complexity index is 239. The van der Waals surface area contributed by atoms with Crippen LogP contribution in [-0.2, 0) is 4.79 Å². The Morgan fingerprint density at radius 3 is 2.50 bits per heavy atom. The lowest BCUT2D eigenvalue weighted by molar-refractivity contribution is -0.132. The predicted molar refractivity (Wildman–Crippen MR) is 70.1 cm³/mol. The van der Waals surface area contributed by atoms with Gasteiger partial charge in [0.1, 0.15) is 0 Å². The molecule has 92 valence electrons. The van der Waals surface area contributed by atoms with Gasteiger partial charge in [0.25, 0.3) is 0 Å². The Morgan fingerprint density at radius 2 is 1.94 bits per heavy atom. The van der Waals surface area contributed by atoms with Crippen LogP contribution in [0.1, 0.15) is 32.1 Å². The first kappa shape index (κ1) is 12.6. The molecule has 0 aromatic carbocycles. The monoisotopic (exact) mass is 261 g/mol. The van der Waals surface area contributed by atoms with Gasteiger partial charge in [-0.3, -0.25) is 4.79 Å². The zero-order chi connectivity index (χ0) is 11.4. The number of hydrogen-bond acceptors (Lipinski definition) is 2. The van der Waals surface area contributed by atoms with Gasteiger partial charge >= 0.3 is 0 Å². The summed E-state index contributed by atoms with van der Waals surface area (Å²) in [5.41, 5.74) is 0. The third kappa shape index (κ3) is 3.56. The molecule has 1 aliphatic heterocycles. The van der Waals surface area contributed by atoms with Gasteiger partial charge in [-0.15, -0.1) is 11.6 Å². The second kappa shape index (κ2) is 6.15. The van der Waals surface area contributed by atoms with Crippen LogP contribution in [0.5, 0.6) is 0 Å². The summed E-state index contributed by atoms with van der Waals surface area (Å²) in [4.78, 5) is 14.2. The van der Waals surface area contributed by atoms with Crippen LogP contribution in [0.15, 0.2) is 0 Å². The summed E-state index contributed by atoms with van der Waals surface area (Å²) in [7, 11) is 0. The van der Waals surface area contributed by atoms with Gasteiger partial charge in [-0.25, -0.2) is 0 Å². The third-order valence-electron chi connectivity index (χ3n) is 3.44. The third-order valence-corrected chi connectivity index (χ3v) is 4.66. The molecule has 0 N–H and O–H groups in total. The van der Waals surface area contributed by atoms with Crippen LogP contribution < -0.4 is 0 Å². The largest absolute Gasteiger partial charge is 0.339 e. The molecule has 1 heterocycles. The van der Waals surface area contributed by atoms with E-state index in [-0.39, 0.29) is 0 Å². The summed E-state index contributed by atoms with van der Waals surface area (Å²) in [6, 6.07) is 0.518. The molecule has 0 aromatic rings. The highest BCUT2D eigenvalue weighted by Gasteiger charge is 2.32. The van der Waals surface area contributed by atoms with Crippen LogP contribution in [0.4, 0.5) is 0 Å². The molecule has 4 heteroatoms. The van der Waals surface area contributed by atoms with Crippen LogP contribution in [0.2, 0.25) is 0 Å². The van der Waals surface area contributed by atoms with Crippen molar-refractivity contribution in [1.82, 2.24) is 4.90 Å². The molecule has 2 aliphatic rings. The van der Waals surface area contributed by atoms with E-state index >= 15 is 0 Å². The van der Waals surface area contributed by atoms with E-state index in [0.29, 0.717) is 23.7 Å². The maximum absolute atomic E-state index is 12.1. The van der Waals surface area contributed by atoms with Crippen LogP contribution in [-0.4, -0.2) is 40.8 Å². The van der Waals surface area contributed by atoms with E-state index in [1.165, 1.54) is 37.2 Å². The highest BCUT2D eigenvalue weighted by molar-refractivity contribution is 7.99. The van der Waals surface area contributed by atoms with Gasteiger partial charge in [-0.2, -0.15) is 11.8 Å². The highest BCUT2D eigenvalue weighted by atomic mass is 35.5. The number of thioether (sulfide) groups is 1. The first-order valence-electron chi connectivity index (χ1n) is 6.24. The smallest absolute Gasteiger partial charge is 0.223 e. The second-order valence-electron chi connectivity index (χ2n) is 4.77. The Labute approximate surface area is 107 Å². The SMILES string of the molecule is O=C(CC1CCSCC1)N(CCCl)C1CC1. The Hall–Kier alpha value is 0.110. The minimum Gasteiger partial charge on any atom is -0.339 e. The van der Waals surface area contributed by atoms with Gasteiger partial charge in [-0.1, -0.05) is 0 Å². The molecule has 2 rings (SSSR count). The van der Waals surface area contributed by atoms with Crippen molar-refractivity contribution >= 4 is 29.3 Å². The molecule has 0 radical (unpaired) electrons. The minimum atomic E-state index is 0.347. The summed E-state index contributed by atoms with van der Waals surface area (Å²) in [5.74, 6) is 4.02. The van der Waals surface area contributed by atoms with Crippen LogP contribution in [0.3, 0.4) is 0 Å². The first-order chi connectivity index (χ1) is 7.81. The van der Waals surface area contributed by atoms with Gasteiger partial charge < -0.3 is 4.90 Å². The van der Waals surface area contributed by atoms with Crippen molar-refractivity contribution in [2.45, 2.75) is 38.1 Å². The summed E-state index contributed by atoms with van der Waals surface area (Å²) < 4.78 is 0. The van der Waals surface area contributed by atoms with Gasteiger partial charge in [0.15, 0.2) is 0 Å². The predicted octanol–water partition coefficient (Wildman–Crippen LogP) is 2.75. The van der Waals surface area contributed by atoms with Crippen molar-refractivity contribution in [3.63, 3.8) is 0 Å². The minimum absolute atomic E-state index is 0.347. The molecule has 2 nitrogen and oxygen atoms in total. The van der Waals surface area contributed by atoms with Gasteiger partial charge in [0.2, 0.25) is 5.91 Å². The molecule has 0 aromatic heterocycles. The molecule has 16 heavy (non-hydrogen) atoms. The van der Waals surface area contributed by atoms with Crippen molar-refractivity contribution in [2.24, 2.45) is 5.92 Å². The van der Waals surface area contributed by atoms with Crippen molar-refractivity contribution in [1.29, 1.82) is 0 Å². The molecular formula is C12H20ClNOS. The molecule has 1 saturated carbocycles. The van der Waals surface area contributed by atoms with Crippen LogP contribution in [0, 0.1) is 5.92 Å². The fraction of sp³-hybridized carbons (Fsp3) is 0.917. The highest BCUT2D eigenvalue weighted by Crippen LogP contribution is 2.30. The number of amides is 1. The molecule has 0 spiro atoms. The fourth-order valence-electron chi connectivity index (χ4n) is 2.30. The van der Waals surface area contributed by atoms with Crippen molar-refractivity contribution in [3.8, 4) is 0 Å². The average molecular weight is 262 g/mol. The number of nitrogens with zero attached hydrogens (tertiary/aromatic N) is 1. The van der Waals surface area contributed by atoms with Gasteiger partial charge in [0, 0.05) is 24.9 Å². The standard InChI is InChI=1S/C12H20ClNOS/c13-5-6-14(11-1-2-11)12(15)9-10-3-7-16-8-4-10/h10-11H,1-9H2. The Morgan fingerprint density at radius 1 is 1.25 bits per heavy atom. The topological polar surface area (TPSA) is 20.3 Å². The molecule has 1 amide bonds. The van der Waals surface area contributed by atoms with E-state index in [1.807, 2.05) is 16.7 Å². The summed E-state index contributed by atoms with van der Waals surface area (Å²) in [6.45, 7) is 0.743. The molecule has 0 unspecified atom stereocenters. The number of alkyl halides is 1. The molecule has 2 fully saturated rings. The van der Waals surface area contributed by atoms with E-state index in [0.717, 1.165) is 13.0 Å². The van der Waals surface area contributed by atoms with E-state index in [1.54, 1.807) is 0 Å². The van der Waals surface area contributed by atoms with Crippen LogP contribution in [0.25, 0.3) is 0 Å². The lowest BCUT2D eigenvalue weighted by Gasteiger charge is -2.26. The van der Waals surface area contributed by atoms with E-state index < -0.39 is 0 Å². The zero-order valence-electron chi connectivity index (χ0n) is 9.66. The maximum atomic E-state index is 12.1. The number of rotatable bonds is 5. The van der Waals surface area contributed by atoms with E-state index in [2.05, 4.69) is 0 Å². The van der Waals surface area contributed by atoms with Gasteiger partial charge in [0.05, 0.1) is 0 Å². The summed E-state index contributed by atoms with van der Waals surface area (Å²) >= 11 is 7.77. The van der Waals surface area contributed by atoms with Crippen LogP contribution >= 0.6 is 23.4 Å². The average Bonchev–Trinajstić information content (AvgIpc) is 3.11. The Balaban J connectivity index is 1.79. The Kier molecular flexibility index (Phi) is 4.83. The molecule has 0 atom stereocenters. The lowest BCUT2D eigenvalue weighted by atomic mass is 9.98. The van der Waals surface area contributed by atoms with Crippen molar-refractivity contribution < 1.29 is 4.79 Å². The van der Waals surface area contributed by atoms with Crippen molar-refractivity contribution in [2.75, 3.05) is 23.9 Å². The fourth-order valence-corrected chi connectivity index (χ4v) is 3.69.